The van der Waals surface area contributed by atoms with E-state index in [0.717, 1.165) is 6.26 Å². The van der Waals surface area contributed by atoms with Crippen LogP contribution < -0.4 is 10.0 Å². The maximum atomic E-state index is 11.5. The van der Waals surface area contributed by atoms with Crippen LogP contribution in [0.25, 0.3) is 0 Å². The highest BCUT2D eigenvalue weighted by molar-refractivity contribution is 7.88. The summed E-state index contributed by atoms with van der Waals surface area (Å²) in [6.07, 6.45) is 1.05. The normalized spacial score (nSPS) is 11.1. The standard InChI is InChI=1S/C10H14N2O4S/c1-17(15,16)12-6-5-11-10(14)8-3-2-4-9(13)7-8/h2-4,7,12-13H,5-6H2,1H3,(H,11,14). The Morgan fingerprint density at radius 2 is 2.06 bits per heavy atom. The molecule has 1 aromatic carbocycles. The zero-order chi connectivity index (χ0) is 12.9. The van der Waals surface area contributed by atoms with Gasteiger partial charge in [-0.2, -0.15) is 0 Å². The van der Waals surface area contributed by atoms with Gasteiger partial charge < -0.3 is 10.4 Å². The smallest absolute Gasteiger partial charge is 0.251 e. The van der Waals surface area contributed by atoms with E-state index in [1.54, 1.807) is 12.1 Å². The molecule has 1 amide bonds. The van der Waals surface area contributed by atoms with Gasteiger partial charge in [0.2, 0.25) is 10.0 Å². The van der Waals surface area contributed by atoms with E-state index in [0.29, 0.717) is 5.56 Å². The van der Waals surface area contributed by atoms with Gasteiger partial charge in [0, 0.05) is 18.7 Å². The van der Waals surface area contributed by atoms with E-state index in [1.165, 1.54) is 12.1 Å². The van der Waals surface area contributed by atoms with E-state index >= 15 is 0 Å². The van der Waals surface area contributed by atoms with Gasteiger partial charge in [0.05, 0.1) is 6.26 Å². The molecule has 0 aromatic heterocycles. The number of amides is 1. The Morgan fingerprint density at radius 1 is 1.35 bits per heavy atom. The summed E-state index contributed by atoms with van der Waals surface area (Å²) in [5.74, 6) is -0.358. The molecule has 0 spiro atoms. The number of carbonyl (C=O) groups excluding carboxylic acids is 1. The lowest BCUT2D eigenvalue weighted by molar-refractivity contribution is 0.0954. The molecule has 94 valence electrons. The predicted octanol–water partition coefficient (Wildman–Crippen LogP) is -0.329. The lowest BCUT2D eigenvalue weighted by Crippen LogP contribution is -2.34. The maximum absolute atomic E-state index is 11.5. The van der Waals surface area contributed by atoms with E-state index < -0.39 is 10.0 Å². The minimum Gasteiger partial charge on any atom is -0.508 e. The molecule has 7 heteroatoms. The molecule has 0 saturated heterocycles. The second kappa shape index (κ2) is 5.65. The maximum Gasteiger partial charge on any atom is 0.251 e. The lowest BCUT2D eigenvalue weighted by atomic mass is 10.2. The number of hydrogen-bond donors (Lipinski definition) is 3. The van der Waals surface area contributed by atoms with Gasteiger partial charge in [-0.3, -0.25) is 4.79 Å². The van der Waals surface area contributed by atoms with Gasteiger partial charge in [-0.05, 0) is 18.2 Å². The first kappa shape index (κ1) is 13.5. The van der Waals surface area contributed by atoms with Gasteiger partial charge in [0.15, 0.2) is 0 Å². The Balaban J connectivity index is 2.41. The molecular weight excluding hydrogens is 244 g/mol. The molecular formula is C10H14N2O4S. The van der Waals surface area contributed by atoms with Gasteiger partial charge >= 0.3 is 0 Å². The van der Waals surface area contributed by atoms with Crippen LogP contribution >= 0.6 is 0 Å². The average molecular weight is 258 g/mol. The number of phenolic OH excluding ortho intramolecular Hbond substituents is 1. The van der Waals surface area contributed by atoms with Crippen molar-refractivity contribution >= 4 is 15.9 Å². The largest absolute Gasteiger partial charge is 0.508 e. The minimum atomic E-state index is -3.23. The zero-order valence-corrected chi connectivity index (χ0v) is 10.1. The fourth-order valence-electron chi connectivity index (χ4n) is 1.16. The topological polar surface area (TPSA) is 95.5 Å². The zero-order valence-electron chi connectivity index (χ0n) is 9.30. The molecule has 0 unspecified atom stereocenters. The summed E-state index contributed by atoms with van der Waals surface area (Å²) in [6, 6.07) is 5.90. The highest BCUT2D eigenvalue weighted by atomic mass is 32.2. The Kier molecular flexibility index (Phi) is 4.47. The number of nitrogens with one attached hydrogen (secondary N) is 2. The van der Waals surface area contributed by atoms with Crippen LogP contribution in [0.2, 0.25) is 0 Å². The molecule has 0 fully saturated rings. The molecule has 0 bridgehead atoms. The summed E-state index contributed by atoms with van der Waals surface area (Å²) >= 11 is 0. The molecule has 0 heterocycles. The van der Waals surface area contributed by atoms with Crippen LogP contribution in [0.3, 0.4) is 0 Å². The van der Waals surface area contributed by atoms with E-state index in [4.69, 9.17) is 5.11 Å². The van der Waals surface area contributed by atoms with Crippen molar-refractivity contribution < 1.29 is 18.3 Å². The van der Waals surface area contributed by atoms with Gasteiger partial charge in [-0.1, -0.05) is 6.07 Å². The molecule has 0 aliphatic carbocycles. The van der Waals surface area contributed by atoms with Crippen LogP contribution in [0.5, 0.6) is 5.75 Å². The number of aromatic hydroxyl groups is 1. The van der Waals surface area contributed by atoms with Crippen LogP contribution in [0.4, 0.5) is 0 Å². The van der Waals surface area contributed by atoms with Crippen molar-refractivity contribution in [1.29, 1.82) is 0 Å². The van der Waals surface area contributed by atoms with Crippen molar-refractivity contribution in [2.24, 2.45) is 0 Å². The molecule has 0 aliphatic rings. The first-order valence-electron chi connectivity index (χ1n) is 4.90. The Bertz CT molecular complexity index is 499. The highest BCUT2D eigenvalue weighted by Crippen LogP contribution is 2.10. The third kappa shape index (κ3) is 5.32. The summed E-state index contributed by atoms with van der Waals surface area (Å²) < 4.78 is 23.7. The molecule has 0 aliphatic heterocycles. The number of sulfonamides is 1. The second-order valence-corrected chi connectivity index (χ2v) is 5.31. The summed E-state index contributed by atoms with van der Waals surface area (Å²) in [4.78, 5) is 11.5. The monoisotopic (exact) mass is 258 g/mol. The van der Waals surface area contributed by atoms with Crippen molar-refractivity contribution in [1.82, 2.24) is 10.0 Å². The van der Waals surface area contributed by atoms with Gasteiger partial charge in [-0.25, -0.2) is 13.1 Å². The lowest BCUT2D eigenvalue weighted by Gasteiger charge is -2.05. The van der Waals surface area contributed by atoms with Crippen LogP contribution in [0.15, 0.2) is 24.3 Å². The van der Waals surface area contributed by atoms with E-state index in [2.05, 4.69) is 10.0 Å². The van der Waals surface area contributed by atoms with Crippen molar-refractivity contribution in [3.05, 3.63) is 29.8 Å². The molecule has 1 rings (SSSR count). The average Bonchev–Trinajstić information content (AvgIpc) is 2.23. The van der Waals surface area contributed by atoms with Crippen molar-refractivity contribution in [2.75, 3.05) is 19.3 Å². The fourth-order valence-corrected chi connectivity index (χ4v) is 1.63. The molecule has 0 radical (unpaired) electrons. The van der Waals surface area contributed by atoms with E-state index in [-0.39, 0.29) is 24.7 Å². The first-order valence-corrected chi connectivity index (χ1v) is 6.79. The molecule has 1 aromatic rings. The summed E-state index contributed by atoms with van der Waals surface area (Å²) in [6.45, 7) is 0.310. The first-order chi connectivity index (χ1) is 7.88. The fraction of sp³-hybridized carbons (Fsp3) is 0.300. The van der Waals surface area contributed by atoms with Crippen LogP contribution in [0, 0.1) is 0 Å². The third-order valence-electron chi connectivity index (χ3n) is 1.88. The van der Waals surface area contributed by atoms with Gasteiger partial charge in [0.1, 0.15) is 5.75 Å². The van der Waals surface area contributed by atoms with Crippen molar-refractivity contribution in [3.63, 3.8) is 0 Å². The Hall–Kier alpha value is -1.60. The number of benzene rings is 1. The van der Waals surface area contributed by atoms with E-state index in [1.807, 2.05) is 0 Å². The van der Waals surface area contributed by atoms with Crippen LogP contribution in [0.1, 0.15) is 10.4 Å². The molecule has 0 atom stereocenters. The number of hydrogen-bond acceptors (Lipinski definition) is 4. The predicted molar refractivity (Wildman–Crippen MR) is 63.3 cm³/mol. The summed E-state index contributed by atoms with van der Waals surface area (Å²) in [7, 11) is -3.23. The number of carbonyl (C=O) groups is 1. The Morgan fingerprint density at radius 3 is 2.65 bits per heavy atom. The molecule has 0 saturated carbocycles. The third-order valence-corrected chi connectivity index (χ3v) is 2.61. The van der Waals surface area contributed by atoms with Gasteiger partial charge in [0.25, 0.3) is 5.91 Å². The van der Waals surface area contributed by atoms with Crippen molar-refractivity contribution in [3.8, 4) is 5.75 Å². The quantitative estimate of drug-likeness (QED) is 0.630. The summed E-state index contributed by atoms with van der Waals surface area (Å²) in [5, 5.41) is 11.7. The van der Waals surface area contributed by atoms with Gasteiger partial charge in [-0.15, -0.1) is 0 Å². The Labute approximate surface area is 99.7 Å². The highest BCUT2D eigenvalue weighted by Gasteiger charge is 2.05. The minimum absolute atomic E-state index is 0.00640. The van der Waals surface area contributed by atoms with Crippen LogP contribution in [-0.2, 0) is 10.0 Å². The van der Waals surface area contributed by atoms with Crippen molar-refractivity contribution in [2.45, 2.75) is 0 Å². The summed E-state index contributed by atoms with van der Waals surface area (Å²) in [5.41, 5.74) is 0.323. The van der Waals surface area contributed by atoms with Crippen LogP contribution in [-0.4, -0.2) is 38.8 Å². The molecule has 17 heavy (non-hydrogen) atoms. The molecule has 3 N–H and O–H groups in total. The SMILES string of the molecule is CS(=O)(=O)NCCNC(=O)c1cccc(O)c1. The molecule has 6 nitrogen and oxygen atoms in total. The number of phenols is 1. The van der Waals surface area contributed by atoms with E-state index in [9.17, 15) is 13.2 Å². The number of rotatable bonds is 5. The second-order valence-electron chi connectivity index (χ2n) is 3.47.